The van der Waals surface area contributed by atoms with Crippen molar-refractivity contribution in [2.75, 3.05) is 26.1 Å². The standard InChI is InChI=1S/C13H16N2O6/c1-20-8-3-4-10(9(7-8)12(17)18)15-13(19)14-6-5-11(16)21-2/h3-4,7H,5-6H2,1-2H3,(H,17,18)(H2,14,15,19). The molecular weight excluding hydrogens is 280 g/mol. The van der Waals surface area contributed by atoms with Crippen LogP contribution in [0, 0.1) is 0 Å². The van der Waals surface area contributed by atoms with Crippen molar-refractivity contribution in [1.29, 1.82) is 0 Å². The van der Waals surface area contributed by atoms with Crippen molar-refractivity contribution in [2.24, 2.45) is 0 Å². The summed E-state index contributed by atoms with van der Waals surface area (Å²) >= 11 is 0. The van der Waals surface area contributed by atoms with Crippen LogP contribution in [0.4, 0.5) is 10.5 Å². The average molecular weight is 296 g/mol. The number of benzene rings is 1. The third-order valence-corrected chi connectivity index (χ3v) is 2.55. The monoisotopic (exact) mass is 296 g/mol. The largest absolute Gasteiger partial charge is 0.497 e. The second-order valence-electron chi connectivity index (χ2n) is 3.92. The van der Waals surface area contributed by atoms with E-state index < -0.39 is 18.0 Å². The number of carbonyl (C=O) groups is 3. The molecule has 3 N–H and O–H groups in total. The number of aromatic carboxylic acids is 1. The number of carboxylic acids is 1. The van der Waals surface area contributed by atoms with Crippen molar-refractivity contribution >= 4 is 23.7 Å². The predicted molar refractivity (Wildman–Crippen MR) is 73.6 cm³/mol. The highest BCUT2D eigenvalue weighted by Gasteiger charge is 2.13. The number of rotatable bonds is 6. The summed E-state index contributed by atoms with van der Waals surface area (Å²) in [6.07, 6.45) is 0.0261. The first kappa shape index (κ1) is 16.3. The molecule has 0 saturated heterocycles. The van der Waals surface area contributed by atoms with E-state index in [1.54, 1.807) is 0 Å². The van der Waals surface area contributed by atoms with Gasteiger partial charge in [-0.25, -0.2) is 9.59 Å². The van der Waals surface area contributed by atoms with E-state index in [0.29, 0.717) is 5.75 Å². The maximum atomic E-state index is 11.6. The number of hydrogen-bond acceptors (Lipinski definition) is 5. The fourth-order valence-electron chi connectivity index (χ4n) is 1.48. The van der Waals surface area contributed by atoms with E-state index in [-0.39, 0.29) is 24.2 Å². The van der Waals surface area contributed by atoms with Crippen LogP contribution in [-0.2, 0) is 9.53 Å². The molecular formula is C13H16N2O6. The lowest BCUT2D eigenvalue weighted by molar-refractivity contribution is -0.140. The molecule has 1 rings (SSSR count). The number of esters is 1. The lowest BCUT2D eigenvalue weighted by Gasteiger charge is -2.10. The quantitative estimate of drug-likeness (QED) is 0.677. The Kier molecular flexibility index (Phi) is 5.99. The minimum atomic E-state index is -1.20. The number of urea groups is 1. The number of anilines is 1. The van der Waals surface area contributed by atoms with E-state index in [1.807, 2.05) is 0 Å². The zero-order valence-corrected chi connectivity index (χ0v) is 11.6. The van der Waals surface area contributed by atoms with Gasteiger partial charge >= 0.3 is 18.0 Å². The summed E-state index contributed by atoms with van der Waals surface area (Å²) in [5.41, 5.74) is 0.0244. The van der Waals surface area contributed by atoms with Crippen molar-refractivity contribution in [3.63, 3.8) is 0 Å². The molecule has 2 amide bonds. The van der Waals surface area contributed by atoms with Gasteiger partial charge in [0.1, 0.15) is 5.75 Å². The normalized spacial score (nSPS) is 9.62. The van der Waals surface area contributed by atoms with Gasteiger partial charge in [0.25, 0.3) is 0 Å². The van der Waals surface area contributed by atoms with Crippen LogP contribution in [0.5, 0.6) is 5.75 Å². The van der Waals surface area contributed by atoms with Crippen LogP contribution in [0.1, 0.15) is 16.8 Å². The molecule has 0 saturated carbocycles. The minimum absolute atomic E-state index is 0.0261. The first-order valence-corrected chi connectivity index (χ1v) is 6.01. The topological polar surface area (TPSA) is 114 Å². The van der Waals surface area contributed by atoms with Crippen LogP contribution in [-0.4, -0.2) is 43.8 Å². The van der Waals surface area contributed by atoms with Crippen LogP contribution >= 0.6 is 0 Å². The third kappa shape index (κ3) is 5.01. The molecule has 1 aromatic rings. The molecule has 0 heterocycles. The van der Waals surface area contributed by atoms with E-state index in [1.165, 1.54) is 32.4 Å². The van der Waals surface area contributed by atoms with Crippen molar-refractivity contribution in [2.45, 2.75) is 6.42 Å². The van der Waals surface area contributed by atoms with Gasteiger partial charge in [0, 0.05) is 6.54 Å². The second-order valence-corrected chi connectivity index (χ2v) is 3.92. The summed E-state index contributed by atoms with van der Waals surface area (Å²) < 4.78 is 9.35. The highest BCUT2D eigenvalue weighted by Crippen LogP contribution is 2.22. The molecule has 8 heteroatoms. The summed E-state index contributed by atoms with van der Waals surface area (Å²) in [4.78, 5) is 33.6. The van der Waals surface area contributed by atoms with Gasteiger partial charge in [0.05, 0.1) is 31.9 Å². The van der Waals surface area contributed by atoms with Gasteiger partial charge in [-0.05, 0) is 18.2 Å². The molecule has 0 aliphatic carbocycles. The SMILES string of the molecule is COC(=O)CCNC(=O)Nc1ccc(OC)cc1C(=O)O. The van der Waals surface area contributed by atoms with Gasteiger partial charge < -0.3 is 25.2 Å². The van der Waals surface area contributed by atoms with E-state index in [9.17, 15) is 14.4 Å². The summed E-state index contributed by atoms with van der Waals surface area (Å²) in [6, 6.07) is 3.62. The van der Waals surface area contributed by atoms with E-state index in [2.05, 4.69) is 15.4 Å². The molecule has 0 radical (unpaired) electrons. The Bertz CT molecular complexity index is 543. The Labute approximate surface area is 121 Å². The van der Waals surface area contributed by atoms with Crippen LogP contribution in [0.2, 0.25) is 0 Å². The molecule has 0 aliphatic heterocycles. The van der Waals surface area contributed by atoms with E-state index >= 15 is 0 Å². The summed E-state index contributed by atoms with van der Waals surface area (Å²) in [5, 5.41) is 13.9. The average Bonchev–Trinajstić information content (AvgIpc) is 2.47. The second kappa shape index (κ2) is 7.73. The lowest BCUT2D eigenvalue weighted by atomic mass is 10.1. The number of methoxy groups -OCH3 is 2. The summed E-state index contributed by atoms with van der Waals surface area (Å²) in [6.45, 7) is 0.0804. The summed E-state index contributed by atoms with van der Waals surface area (Å²) in [5.74, 6) is -1.28. The van der Waals surface area contributed by atoms with Gasteiger partial charge in [-0.2, -0.15) is 0 Å². The molecule has 0 spiro atoms. The van der Waals surface area contributed by atoms with E-state index in [4.69, 9.17) is 9.84 Å². The van der Waals surface area contributed by atoms with E-state index in [0.717, 1.165) is 0 Å². The fraction of sp³-hybridized carbons (Fsp3) is 0.308. The Morgan fingerprint density at radius 1 is 1.24 bits per heavy atom. The highest BCUT2D eigenvalue weighted by atomic mass is 16.5. The Balaban J connectivity index is 2.67. The predicted octanol–water partition coefficient (Wildman–Crippen LogP) is 1.08. The highest BCUT2D eigenvalue weighted by molar-refractivity contribution is 6.00. The third-order valence-electron chi connectivity index (χ3n) is 2.55. The molecule has 0 aliphatic rings. The Hall–Kier alpha value is -2.77. The van der Waals surface area contributed by atoms with Gasteiger partial charge in [-0.1, -0.05) is 0 Å². The lowest BCUT2D eigenvalue weighted by Crippen LogP contribution is -2.31. The molecule has 0 atom stereocenters. The summed E-state index contributed by atoms with van der Waals surface area (Å²) in [7, 11) is 2.66. The van der Waals surface area contributed by atoms with Crippen LogP contribution in [0.15, 0.2) is 18.2 Å². The molecule has 1 aromatic carbocycles. The minimum Gasteiger partial charge on any atom is -0.497 e. The van der Waals surface area contributed by atoms with Crippen molar-refractivity contribution < 1.29 is 29.0 Å². The molecule has 0 bridgehead atoms. The number of carbonyl (C=O) groups excluding carboxylic acids is 2. The number of ether oxygens (including phenoxy) is 2. The fourth-order valence-corrected chi connectivity index (χ4v) is 1.48. The van der Waals surface area contributed by atoms with Crippen molar-refractivity contribution in [3.8, 4) is 5.75 Å². The smallest absolute Gasteiger partial charge is 0.337 e. The first-order valence-electron chi connectivity index (χ1n) is 6.01. The Morgan fingerprint density at radius 2 is 1.95 bits per heavy atom. The first-order chi connectivity index (χ1) is 9.97. The van der Waals surface area contributed by atoms with Crippen molar-refractivity contribution in [3.05, 3.63) is 23.8 Å². The van der Waals surface area contributed by atoms with Gasteiger partial charge in [-0.15, -0.1) is 0 Å². The molecule has 8 nitrogen and oxygen atoms in total. The van der Waals surface area contributed by atoms with Gasteiger partial charge in [-0.3, -0.25) is 4.79 Å². The Morgan fingerprint density at radius 3 is 2.52 bits per heavy atom. The maximum absolute atomic E-state index is 11.6. The number of amides is 2. The zero-order chi connectivity index (χ0) is 15.8. The van der Waals surface area contributed by atoms with Gasteiger partial charge in [0.2, 0.25) is 0 Å². The molecule has 21 heavy (non-hydrogen) atoms. The van der Waals surface area contributed by atoms with Gasteiger partial charge in [0.15, 0.2) is 0 Å². The maximum Gasteiger partial charge on any atom is 0.337 e. The van der Waals surface area contributed by atoms with Crippen LogP contribution < -0.4 is 15.4 Å². The number of nitrogens with one attached hydrogen (secondary N) is 2. The molecule has 0 unspecified atom stereocenters. The molecule has 0 aromatic heterocycles. The molecule has 114 valence electrons. The number of carboxylic acid groups (broad SMARTS) is 1. The zero-order valence-electron chi connectivity index (χ0n) is 11.6. The van der Waals surface area contributed by atoms with Crippen molar-refractivity contribution in [1.82, 2.24) is 5.32 Å². The van der Waals surface area contributed by atoms with Crippen LogP contribution in [0.25, 0.3) is 0 Å². The number of hydrogen-bond donors (Lipinski definition) is 3. The molecule has 0 fully saturated rings. The van der Waals surface area contributed by atoms with Crippen LogP contribution in [0.3, 0.4) is 0 Å².